The van der Waals surface area contributed by atoms with E-state index in [9.17, 15) is 35.4 Å². The Bertz CT molecular complexity index is 584. The van der Waals surface area contributed by atoms with Gasteiger partial charge in [-0.25, -0.2) is 0 Å². The summed E-state index contributed by atoms with van der Waals surface area (Å²) in [5.74, 6) is -0.795. The Labute approximate surface area is 162 Å². The van der Waals surface area contributed by atoms with E-state index in [0.29, 0.717) is 0 Å². The van der Waals surface area contributed by atoms with Gasteiger partial charge in [-0.15, -0.1) is 0 Å². The number of aliphatic hydroxyl groups is 6. The van der Waals surface area contributed by atoms with Gasteiger partial charge in [-0.1, -0.05) is 0 Å². The molecular weight excluding hydrogens is 378 g/mol. The molecule has 162 valence electrons. The van der Waals surface area contributed by atoms with Crippen molar-refractivity contribution in [2.45, 2.75) is 75.9 Å². The molecule has 2 rings (SSSR count). The molecule has 0 spiro atoms. The number of amides is 1. The number of carbonyl (C=O) groups is 1. The lowest BCUT2D eigenvalue weighted by molar-refractivity contribution is -0.322. The molecule has 0 saturated carbocycles. The van der Waals surface area contributed by atoms with Crippen LogP contribution in [0.4, 0.5) is 0 Å². The summed E-state index contributed by atoms with van der Waals surface area (Å²) in [4.78, 5) is 11.1. The van der Waals surface area contributed by atoms with Crippen molar-refractivity contribution in [3.63, 3.8) is 0 Å². The molecule has 0 bridgehead atoms. The molecule has 0 aromatic heterocycles. The first-order valence-corrected chi connectivity index (χ1v) is 9.04. The van der Waals surface area contributed by atoms with Gasteiger partial charge >= 0.3 is 0 Å². The van der Waals surface area contributed by atoms with Gasteiger partial charge < -0.3 is 50.2 Å². The van der Waals surface area contributed by atoms with E-state index in [1.807, 2.05) is 0 Å². The van der Waals surface area contributed by atoms with E-state index < -0.39 is 73.4 Å². The fourth-order valence-electron chi connectivity index (χ4n) is 3.31. The zero-order chi connectivity index (χ0) is 21.2. The van der Waals surface area contributed by atoms with E-state index in [-0.39, 0.29) is 12.1 Å². The van der Waals surface area contributed by atoms with Crippen LogP contribution in [-0.4, -0.2) is 105 Å². The third-order valence-electron chi connectivity index (χ3n) is 4.92. The monoisotopic (exact) mass is 407 g/mol. The van der Waals surface area contributed by atoms with Crippen molar-refractivity contribution in [1.82, 2.24) is 5.32 Å². The Hall–Kier alpha value is -1.31. The summed E-state index contributed by atoms with van der Waals surface area (Å²) >= 11 is 0. The molecule has 0 aliphatic carbocycles. The third-order valence-corrected chi connectivity index (χ3v) is 4.92. The summed E-state index contributed by atoms with van der Waals surface area (Å²) in [5.41, 5.74) is -0.0710. The van der Waals surface area contributed by atoms with Crippen LogP contribution in [0.15, 0.2) is 11.3 Å². The van der Waals surface area contributed by atoms with E-state index in [1.54, 1.807) is 6.92 Å². The minimum absolute atomic E-state index is 0.0710. The first-order chi connectivity index (χ1) is 13.1. The van der Waals surface area contributed by atoms with Gasteiger partial charge in [0, 0.05) is 12.5 Å². The van der Waals surface area contributed by atoms with Crippen LogP contribution in [0.3, 0.4) is 0 Å². The molecule has 2 aliphatic rings. The zero-order valence-electron chi connectivity index (χ0n) is 15.9. The second-order valence-electron chi connectivity index (χ2n) is 7.05. The average molecular weight is 407 g/mol. The highest BCUT2D eigenvalue weighted by atomic mass is 16.7. The molecule has 2 aliphatic heterocycles. The fraction of sp³-hybridized carbons (Fsp3) is 0.824. The highest BCUT2D eigenvalue weighted by Gasteiger charge is 2.48. The summed E-state index contributed by atoms with van der Waals surface area (Å²) in [5, 5.41) is 62.7. The van der Waals surface area contributed by atoms with Crippen molar-refractivity contribution in [3.8, 4) is 0 Å². The summed E-state index contributed by atoms with van der Waals surface area (Å²) < 4.78 is 16.6. The van der Waals surface area contributed by atoms with Crippen LogP contribution in [-0.2, 0) is 19.0 Å². The Morgan fingerprint density at radius 1 is 1.07 bits per heavy atom. The van der Waals surface area contributed by atoms with Crippen LogP contribution in [0.5, 0.6) is 0 Å². The van der Waals surface area contributed by atoms with Gasteiger partial charge in [0.05, 0.1) is 25.4 Å². The second-order valence-corrected chi connectivity index (χ2v) is 7.05. The van der Waals surface area contributed by atoms with Gasteiger partial charge in [0.2, 0.25) is 5.91 Å². The minimum atomic E-state index is -1.58. The normalized spacial score (nSPS) is 43.5. The number of aliphatic hydroxyl groups excluding tert-OH is 6. The first kappa shape index (κ1) is 23.0. The summed E-state index contributed by atoms with van der Waals surface area (Å²) in [7, 11) is 0. The summed E-state index contributed by atoms with van der Waals surface area (Å²) in [6.45, 7) is 3.49. The molecule has 2 fully saturated rings. The molecule has 1 amide bonds. The quantitative estimate of drug-likeness (QED) is 0.237. The van der Waals surface area contributed by atoms with Crippen LogP contribution in [0.25, 0.3) is 0 Å². The van der Waals surface area contributed by atoms with E-state index in [1.165, 1.54) is 13.8 Å². The maximum Gasteiger partial charge on any atom is 0.217 e. The van der Waals surface area contributed by atoms with Crippen LogP contribution in [0.1, 0.15) is 20.8 Å². The predicted molar refractivity (Wildman–Crippen MR) is 93.0 cm³/mol. The number of ether oxygens (including phenoxy) is 3. The second kappa shape index (κ2) is 9.46. The van der Waals surface area contributed by atoms with Crippen molar-refractivity contribution in [3.05, 3.63) is 11.3 Å². The van der Waals surface area contributed by atoms with Gasteiger partial charge in [0.1, 0.15) is 42.4 Å². The molecule has 2 saturated heterocycles. The largest absolute Gasteiger partial charge is 0.510 e. The molecule has 0 aromatic rings. The lowest BCUT2D eigenvalue weighted by Crippen LogP contribution is -2.60. The van der Waals surface area contributed by atoms with E-state index in [4.69, 9.17) is 14.2 Å². The van der Waals surface area contributed by atoms with E-state index in [0.717, 1.165) is 0 Å². The third kappa shape index (κ3) is 4.81. The molecule has 2 heterocycles. The van der Waals surface area contributed by atoms with Crippen LogP contribution >= 0.6 is 0 Å². The average Bonchev–Trinajstić information content (AvgIpc) is 2.64. The van der Waals surface area contributed by atoms with E-state index >= 15 is 0 Å². The maximum atomic E-state index is 11.1. The minimum Gasteiger partial charge on any atom is -0.510 e. The van der Waals surface area contributed by atoms with Crippen LogP contribution in [0.2, 0.25) is 0 Å². The zero-order valence-corrected chi connectivity index (χ0v) is 15.9. The molecule has 0 radical (unpaired) electrons. The molecule has 28 heavy (non-hydrogen) atoms. The van der Waals surface area contributed by atoms with Gasteiger partial charge in [-0.2, -0.15) is 0 Å². The SMILES string of the molecule is CC(=O)NC/C(O)=C1\C(CO)OC(C)C(OC2OC(C)C(O)C(O)C2O)C1O. The van der Waals surface area contributed by atoms with Gasteiger partial charge in [0.25, 0.3) is 0 Å². The van der Waals surface area contributed by atoms with Gasteiger partial charge in [-0.05, 0) is 13.8 Å². The van der Waals surface area contributed by atoms with Crippen molar-refractivity contribution in [1.29, 1.82) is 0 Å². The fourth-order valence-corrected chi connectivity index (χ4v) is 3.31. The van der Waals surface area contributed by atoms with Crippen molar-refractivity contribution < 1.29 is 49.6 Å². The Morgan fingerprint density at radius 2 is 1.71 bits per heavy atom. The smallest absolute Gasteiger partial charge is 0.217 e. The van der Waals surface area contributed by atoms with Crippen LogP contribution in [0, 0.1) is 0 Å². The Morgan fingerprint density at radius 3 is 2.29 bits per heavy atom. The number of hydrogen-bond acceptors (Lipinski definition) is 10. The van der Waals surface area contributed by atoms with Gasteiger partial charge in [-0.3, -0.25) is 4.79 Å². The molecule has 0 aromatic carbocycles. The number of hydrogen-bond donors (Lipinski definition) is 7. The van der Waals surface area contributed by atoms with Crippen molar-refractivity contribution >= 4 is 5.91 Å². The number of carbonyl (C=O) groups excluding carboxylic acids is 1. The van der Waals surface area contributed by atoms with Crippen molar-refractivity contribution in [2.75, 3.05) is 13.2 Å². The van der Waals surface area contributed by atoms with E-state index in [2.05, 4.69) is 5.32 Å². The topological polar surface area (TPSA) is 178 Å². The van der Waals surface area contributed by atoms with Crippen molar-refractivity contribution in [2.24, 2.45) is 0 Å². The molecule has 11 nitrogen and oxygen atoms in total. The standard InChI is InChI=1S/C17H29NO10/c1-6-12(22)14(24)15(25)17(27-6)28-16-7(2)26-10(5-19)11(13(16)23)9(21)4-18-8(3)20/h6-7,10,12-17,19,21-25H,4-5H2,1-3H3,(H,18,20)/b11-9-. The summed E-state index contributed by atoms with van der Waals surface area (Å²) in [6.07, 6.45) is -11.0. The van der Waals surface area contributed by atoms with Gasteiger partial charge in [0.15, 0.2) is 6.29 Å². The molecule has 7 N–H and O–H groups in total. The summed E-state index contributed by atoms with van der Waals surface area (Å²) in [6, 6.07) is 0. The molecule has 11 heteroatoms. The molecule has 9 atom stereocenters. The highest BCUT2D eigenvalue weighted by molar-refractivity contribution is 5.73. The predicted octanol–water partition coefficient (Wildman–Crippen LogP) is -2.71. The molecular formula is C17H29NO10. The Kier molecular flexibility index (Phi) is 7.76. The Balaban J connectivity index is 2.22. The highest BCUT2D eigenvalue weighted by Crippen LogP contribution is 2.32. The molecule has 9 unspecified atom stereocenters. The number of nitrogens with one attached hydrogen (secondary N) is 1. The maximum absolute atomic E-state index is 11.1. The first-order valence-electron chi connectivity index (χ1n) is 9.04. The lowest BCUT2D eigenvalue weighted by atomic mass is 9.91. The van der Waals surface area contributed by atoms with Crippen LogP contribution < -0.4 is 5.32 Å². The number of rotatable bonds is 5. The lowest BCUT2D eigenvalue weighted by Gasteiger charge is -2.44.